The fourth-order valence-corrected chi connectivity index (χ4v) is 2.01. The minimum atomic E-state index is -0.176. The first-order valence-corrected chi connectivity index (χ1v) is 6.45. The fraction of sp³-hybridized carbons (Fsp3) is 0.643. The SMILES string of the molecule is CCCCCn1c(C(C)C)ccc(CO)c1=O. The van der Waals surface area contributed by atoms with Crippen molar-refractivity contribution in [2.45, 2.75) is 59.1 Å². The highest BCUT2D eigenvalue weighted by molar-refractivity contribution is 5.17. The standard InChI is InChI=1S/C14H23NO2/c1-4-5-6-9-15-13(11(2)3)8-7-12(10-16)14(15)17/h7-8,11,16H,4-6,9-10H2,1-3H3. The van der Waals surface area contributed by atoms with Gasteiger partial charge in [-0.3, -0.25) is 4.79 Å². The summed E-state index contributed by atoms with van der Waals surface area (Å²) in [5.41, 5.74) is 1.52. The molecule has 96 valence electrons. The minimum Gasteiger partial charge on any atom is -0.391 e. The second kappa shape index (κ2) is 6.60. The Hall–Kier alpha value is -1.09. The number of hydrogen-bond donors (Lipinski definition) is 1. The second-order valence-corrected chi connectivity index (χ2v) is 4.76. The van der Waals surface area contributed by atoms with Crippen LogP contribution < -0.4 is 5.56 Å². The van der Waals surface area contributed by atoms with Gasteiger partial charge in [0, 0.05) is 17.8 Å². The maximum absolute atomic E-state index is 12.1. The van der Waals surface area contributed by atoms with Crippen LogP contribution in [0.4, 0.5) is 0 Å². The summed E-state index contributed by atoms with van der Waals surface area (Å²) < 4.78 is 1.83. The summed E-state index contributed by atoms with van der Waals surface area (Å²) in [5, 5.41) is 9.13. The Kier molecular flexibility index (Phi) is 5.42. The van der Waals surface area contributed by atoms with Gasteiger partial charge in [-0.05, 0) is 24.5 Å². The molecule has 1 N–H and O–H groups in total. The van der Waals surface area contributed by atoms with E-state index in [1.165, 1.54) is 0 Å². The molecule has 0 aliphatic heterocycles. The molecule has 0 aliphatic rings. The maximum atomic E-state index is 12.1. The van der Waals surface area contributed by atoms with Crippen LogP contribution in [0.25, 0.3) is 0 Å². The molecule has 0 atom stereocenters. The highest BCUT2D eigenvalue weighted by atomic mass is 16.3. The first-order valence-electron chi connectivity index (χ1n) is 6.45. The maximum Gasteiger partial charge on any atom is 0.256 e. The third kappa shape index (κ3) is 3.43. The molecule has 0 bridgehead atoms. The van der Waals surface area contributed by atoms with Gasteiger partial charge >= 0.3 is 0 Å². The molecule has 0 saturated heterocycles. The summed E-state index contributed by atoms with van der Waals surface area (Å²) in [5.74, 6) is 0.331. The topological polar surface area (TPSA) is 42.2 Å². The average Bonchev–Trinajstić information content (AvgIpc) is 2.31. The van der Waals surface area contributed by atoms with Gasteiger partial charge in [0.15, 0.2) is 0 Å². The van der Waals surface area contributed by atoms with Crippen molar-refractivity contribution in [1.29, 1.82) is 0 Å². The van der Waals surface area contributed by atoms with Crippen LogP contribution in [-0.2, 0) is 13.2 Å². The van der Waals surface area contributed by atoms with Crippen molar-refractivity contribution in [3.05, 3.63) is 33.7 Å². The molecule has 0 radical (unpaired) electrons. The van der Waals surface area contributed by atoms with Gasteiger partial charge in [-0.25, -0.2) is 0 Å². The predicted molar refractivity (Wildman–Crippen MR) is 70.2 cm³/mol. The molecule has 1 aromatic rings. The van der Waals surface area contributed by atoms with Gasteiger partial charge in [-0.2, -0.15) is 0 Å². The molecule has 0 amide bonds. The average molecular weight is 237 g/mol. The Morgan fingerprint density at radius 1 is 1.29 bits per heavy atom. The summed E-state index contributed by atoms with van der Waals surface area (Å²) in [4.78, 5) is 12.1. The number of rotatable bonds is 6. The summed E-state index contributed by atoms with van der Waals surface area (Å²) in [6.45, 7) is 6.91. The Balaban J connectivity index is 3.07. The lowest BCUT2D eigenvalue weighted by atomic mass is 10.1. The normalized spacial score (nSPS) is 11.1. The van der Waals surface area contributed by atoms with Crippen molar-refractivity contribution >= 4 is 0 Å². The number of aliphatic hydroxyl groups is 1. The van der Waals surface area contributed by atoms with Crippen molar-refractivity contribution < 1.29 is 5.11 Å². The molecule has 0 aromatic carbocycles. The highest BCUT2D eigenvalue weighted by Gasteiger charge is 2.10. The monoisotopic (exact) mass is 237 g/mol. The summed E-state index contributed by atoms with van der Waals surface area (Å²) in [7, 11) is 0. The Bertz CT molecular complexity index is 407. The summed E-state index contributed by atoms with van der Waals surface area (Å²) in [6, 6.07) is 3.71. The van der Waals surface area contributed by atoms with Crippen molar-refractivity contribution in [3.63, 3.8) is 0 Å². The lowest BCUT2D eigenvalue weighted by Gasteiger charge is -2.16. The number of nitrogens with zero attached hydrogens (tertiary/aromatic N) is 1. The van der Waals surface area contributed by atoms with Crippen LogP contribution in [0.5, 0.6) is 0 Å². The van der Waals surface area contributed by atoms with Gasteiger partial charge in [0.05, 0.1) is 6.61 Å². The summed E-state index contributed by atoms with van der Waals surface area (Å²) in [6.07, 6.45) is 3.30. The first-order chi connectivity index (χ1) is 8.11. The number of hydrogen-bond acceptors (Lipinski definition) is 2. The van der Waals surface area contributed by atoms with Crippen LogP contribution in [0.3, 0.4) is 0 Å². The van der Waals surface area contributed by atoms with Gasteiger partial charge in [0.25, 0.3) is 5.56 Å². The van der Waals surface area contributed by atoms with E-state index in [0.717, 1.165) is 31.5 Å². The van der Waals surface area contributed by atoms with E-state index in [1.54, 1.807) is 6.07 Å². The Labute approximate surface area is 103 Å². The molecule has 0 aliphatic carbocycles. The van der Waals surface area contributed by atoms with Gasteiger partial charge < -0.3 is 9.67 Å². The molecule has 1 aromatic heterocycles. The third-order valence-electron chi connectivity index (χ3n) is 3.03. The van der Waals surface area contributed by atoms with Crippen molar-refractivity contribution in [3.8, 4) is 0 Å². The molecular weight excluding hydrogens is 214 g/mol. The quantitative estimate of drug-likeness (QED) is 0.773. The molecule has 1 heterocycles. The molecule has 3 nitrogen and oxygen atoms in total. The molecule has 0 unspecified atom stereocenters. The predicted octanol–water partition coefficient (Wildman–Crippen LogP) is 2.65. The smallest absolute Gasteiger partial charge is 0.256 e. The van der Waals surface area contributed by atoms with E-state index < -0.39 is 0 Å². The van der Waals surface area contributed by atoms with Crippen molar-refractivity contribution in [2.75, 3.05) is 0 Å². The molecule has 3 heteroatoms. The zero-order valence-electron chi connectivity index (χ0n) is 11.1. The Morgan fingerprint density at radius 3 is 2.53 bits per heavy atom. The van der Waals surface area contributed by atoms with E-state index >= 15 is 0 Å². The van der Waals surface area contributed by atoms with E-state index in [4.69, 9.17) is 5.11 Å². The van der Waals surface area contributed by atoms with E-state index in [-0.39, 0.29) is 12.2 Å². The highest BCUT2D eigenvalue weighted by Crippen LogP contribution is 2.14. The second-order valence-electron chi connectivity index (χ2n) is 4.76. The van der Waals surface area contributed by atoms with Gasteiger partial charge in [-0.1, -0.05) is 33.6 Å². The molecule has 17 heavy (non-hydrogen) atoms. The van der Waals surface area contributed by atoms with Crippen LogP contribution in [-0.4, -0.2) is 9.67 Å². The fourth-order valence-electron chi connectivity index (χ4n) is 2.01. The van der Waals surface area contributed by atoms with E-state index in [0.29, 0.717) is 11.5 Å². The molecular formula is C14H23NO2. The molecule has 0 saturated carbocycles. The molecule has 0 fully saturated rings. The number of aromatic nitrogens is 1. The lowest BCUT2D eigenvalue weighted by Crippen LogP contribution is -2.27. The van der Waals surface area contributed by atoms with Gasteiger partial charge in [0.2, 0.25) is 0 Å². The van der Waals surface area contributed by atoms with Crippen molar-refractivity contribution in [1.82, 2.24) is 4.57 Å². The minimum absolute atomic E-state index is 0.0326. The van der Waals surface area contributed by atoms with E-state index in [1.807, 2.05) is 10.6 Å². The number of aliphatic hydroxyl groups excluding tert-OH is 1. The van der Waals surface area contributed by atoms with E-state index in [2.05, 4.69) is 20.8 Å². The molecule has 0 spiro atoms. The lowest BCUT2D eigenvalue weighted by molar-refractivity contribution is 0.278. The molecule has 1 rings (SSSR count). The van der Waals surface area contributed by atoms with Crippen molar-refractivity contribution in [2.24, 2.45) is 0 Å². The zero-order valence-corrected chi connectivity index (χ0v) is 11.1. The zero-order chi connectivity index (χ0) is 12.8. The van der Waals surface area contributed by atoms with Crippen LogP contribution in [0, 0.1) is 0 Å². The van der Waals surface area contributed by atoms with Crippen LogP contribution in [0.1, 0.15) is 57.2 Å². The van der Waals surface area contributed by atoms with E-state index in [9.17, 15) is 4.79 Å². The third-order valence-corrected chi connectivity index (χ3v) is 3.03. The first kappa shape index (κ1) is 14.0. The largest absolute Gasteiger partial charge is 0.391 e. The van der Waals surface area contributed by atoms with Gasteiger partial charge in [-0.15, -0.1) is 0 Å². The van der Waals surface area contributed by atoms with Crippen LogP contribution in [0.2, 0.25) is 0 Å². The number of pyridine rings is 1. The number of unbranched alkanes of at least 4 members (excludes halogenated alkanes) is 2. The summed E-state index contributed by atoms with van der Waals surface area (Å²) >= 11 is 0. The Morgan fingerprint density at radius 2 is 2.00 bits per heavy atom. The van der Waals surface area contributed by atoms with Crippen LogP contribution >= 0.6 is 0 Å². The van der Waals surface area contributed by atoms with Gasteiger partial charge in [0.1, 0.15) is 0 Å². The van der Waals surface area contributed by atoms with Crippen LogP contribution in [0.15, 0.2) is 16.9 Å².